The van der Waals surface area contributed by atoms with Gasteiger partial charge in [0.25, 0.3) is 0 Å². The molecule has 1 aliphatic rings. The molecule has 4 aromatic heterocycles. The molecule has 0 spiro atoms. The summed E-state index contributed by atoms with van der Waals surface area (Å²) in [5, 5.41) is 4.82. The van der Waals surface area contributed by atoms with Crippen LogP contribution in [0.25, 0.3) is 24.3 Å². The number of aromatic nitrogens is 4. The number of hydrogen-bond donors (Lipinski definition) is 4. The Hall–Kier alpha value is -3.40. The minimum absolute atomic E-state index is 0.993. The van der Waals surface area contributed by atoms with Crippen molar-refractivity contribution < 1.29 is 0 Å². The molecule has 0 fully saturated rings. The van der Waals surface area contributed by atoms with Crippen LogP contribution >= 0.6 is 0 Å². The summed E-state index contributed by atoms with van der Waals surface area (Å²) in [4.78, 5) is 15.2. The predicted octanol–water partition coefficient (Wildman–Crippen LogP) is 4.56. The molecule has 0 amide bonds. The van der Waals surface area contributed by atoms with E-state index in [0.717, 1.165) is 50.3 Å². The van der Waals surface area contributed by atoms with E-state index < -0.39 is 0 Å². The van der Waals surface area contributed by atoms with Crippen molar-refractivity contribution in [1.82, 2.24) is 19.9 Å². The number of aromatic amines is 4. The van der Waals surface area contributed by atoms with Crippen molar-refractivity contribution in [2.24, 2.45) is 0 Å². The van der Waals surface area contributed by atoms with Gasteiger partial charge in [-0.3, -0.25) is 0 Å². The van der Waals surface area contributed by atoms with Crippen molar-refractivity contribution in [2.75, 3.05) is 0 Å². The molecule has 4 nitrogen and oxygen atoms in total. The minimum Gasteiger partial charge on any atom is -0.355 e. The van der Waals surface area contributed by atoms with Gasteiger partial charge < -0.3 is 19.9 Å². The molecule has 4 N–H and O–H groups in total. The quantitative estimate of drug-likeness (QED) is 0.249. The Kier molecular flexibility index (Phi) is 7.43. The van der Waals surface area contributed by atoms with E-state index in [1.807, 2.05) is 0 Å². The minimum atomic E-state index is 0.993. The number of nitrogens with one attached hydrogen (secondary N) is 4. The van der Waals surface area contributed by atoms with Gasteiger partial charge in [0.1, 0.15) is 0 Å². The summed E-state index contributed by atoms with van der Waals surface area (Å²) in [5.74, 6) is 0. The number of aryl methyl sites for hydroxylation is 1. The normalized spacial score (nSPS) is 12.6. The van der Waals surface area contributed by atoms with Gasteiger partial charge in [-0.2, -0.15) is 0 Å². The Morgan fingerprint density at radius 1 is 0.395 bits per heavy atom. The van der Waals surface area contributed by atoms with E-state index in [1.54, 1.807) is 0 Å². The molecule has 5 rings (SSSR count). The van der Waals surface area contributed by atoms with Gasteiger partial charge in [-0.05, 0) is 114 Å². The lowest BCUT2D eigenvalue weighted by Crippen LogP contribution is -2.13. The van der Waals surface area contributed by atoms with Gasteiger partial charge in [0.05, 0.1) is 0 Å². The van der Waals surface area contributed by atoms with Gasteiger partial charge in [-0.15, -0.1) is 0 Å². The second-order valence-corrected chi connectivity index (χ2v) is 10.4. The lowest BCUT2D eigenvalue weighted by molar-refractivity contribution is 1.04. The molecular weight excluding hydrogens is 464 g/mol. The van der Waals surface area contributed by atoms with Crippen LogP contribution in [0.1, 0.15) is 110 Å². The highest BCUT2D eigenvalue weighted by molar-refractivity contribution is 5.65. The monoisotopic (exact) mass is 508 g/mol. The zero-order chi connectivity index (χ0) is 27.0. The first-order valence-electron chi connectivity index (χ1n) is 14.8. The van der Waals surface area contributed by atoms with Gasteiger partial charge in [-0.25, -0.2) is 0 Å². The summed E-state index contributed by atoms with van der Waals surface area (Å²) >= 11 is 0. The molecule has 8 bridgehead atoms. The molecule has 5 heterocycles. The van der Waals surface area contributed by atoms with Crippen LogP contribution in [0.2, 0.25) is 0 Å². The van der Waals surface area contributed by atoms with E-state index in [-0.39, 0.29) is 0 Å². The maximum Gasteiger partial charge on any atom is 0.0441 e. The van der Waals surface area contributed by atoms with Gasteiger partial charge in [0.15, 0.2) is 0 Å². The van der Waals surface area contributed by atoms with E-state index in [2.05, 4.69) is 98.8 Å². The van der Waals surface area contributed by atoms with Crippen LogP contribution in [-0.2, 0) is 44.9 Å². The lowest BCUT2D eigenvalue weighted by atomic mass is 10.0. The summed E-state index contributed by atoms with van der Waals surface area (Å²) in [5.41, 5.74) is 14.8. The molecular formula is C34H44N4. The molecule has 0 atom stereocenters. The predicted molar refractivity (Wildman–Crippen MR) is 162 cm³/mol. The fourth-order valence-electron chi connectivity index (χ4n) is 6.65. The summed E-state index contributed by atoms with van der Waals surface area (Å²) in [6.45, 7) is 15.9. The van der Waals surface area contributed by atoms with E-state index in [0.29, 0.717) is 0 Å². The van der Waals surface area contributed by atoms with Crippen molar-refractivity contribution in [3.05, 3.63) is 89.2 Å². The second kappa shape index (κ2) is 10.8. The van der Waals surface area contributed by atoms with Crippen molar-refractivity contribution in [1.29, 1.82) is 0 Å². The first kappa shape index (κ1) is 26.2. The van der Waals surface area contributed by atoms with Gasteiger partial charge in [0.2, 0.25) is 0 Å². The highest BCUT2D eigenvalue weighted by Gasteiger charge is 2.16. The van der Waals surface area contributed by atoms with E-state index >= 15 is 0 Å². The fraction of sp³-hybridized carbons (Fsp3) is 0.412. The Morgan fingerprint density at radius 3 is 1.18 bits per heavy atom. The van der Waals surface area contributed by atoms with Crippen LogP contribution in [0.4, 0.5) is 0 Å². The Labute approximate surface area is 226 Å². The van der Waals surface area contributed by atoms with Gasteiger partial charge >= 0.3 is 0 Å². The summed E-state index contributed by atoms with van der Waals surface area (Å²) in [6.07, 6.45) is 16.4. The van der Waals surface area contributed by atoms with E-state index in [9.17, 15) is 0 Å². The molecule has 0 unspecified atom stereocenters. The van der Waals surface area contributed by atoms with Crippen molar-refractivity contribution in [3.63, 3.8) is 0 Å². The second-order valence-electron chi connectivity index (χ2n) is 10.4. The third kappa shape index (κ3) is 4.34. The Bertz CT molecular complexity index is 1710. The van der Waals surface area contributed by atoms with Crippen LogP contribution in [0.3, 0.4) is 0 Å². The molecule has 38 heavy (non-hydrogen) atoms. The maximum absolute atomic E-state index is 3.85. The average Bonchev–Trinajstić information content (AvgIpc) is 3.65. The highest BCUT2D eigenvalue weighted by Crippen LogP contribution is 2.24. The molecule has 0 aromatic carbocycles. The highest BCUT2D eigenvalue weighted by atomic mass is 14.8. The number of hydrogen-bond acceptors (Lipinski definition) is 0. The largest absolute Gasteiger partial charge is 0.355 e. The van der Waals surface area contributed by atoms with Crippen LogP contribution in [0.5, 0.6) is 0 Å². The molecule has 4 aromatic rings. The molecule has 0 aliphatic carbocycles. The number of fused-ring (bicyclic) bond motifs is 8. The summed E-state index contributed by atoms with van der Waals surface area (Å²) < 4.78 is 0. The standard InChI is InChI=1S/C34H44N4/c1-8-20-15-21-16-29-22(9-2)23(10-3)31(36-29)18-33-26(13-6)27(14-7)34(38-33)19-32-25(12-5)24(11-4)30(37-32)17-28(20)35-21/h15-19,35-38H,8-14H2,1-7H3. The number of rotatable bonds is 7. The summed E-state index contributed by atoms with van der Waals surface area (Å²) in [6, 6.07) is 2.32. The van der Waals surface area contributed by atoms with Crippen LogP contribution in [0, 0.1) is 0 Å². The summed E-state index contributed by atoms with van der Waals surface area (Å²) in [7, 11) is 0. The van der Waals surface area contributed by atoms with E-state index in [4.69, 9.17) is 0 Å². The topological polar surface area (TPSA) is 63.2 Å². The molecule has 0 saturated heterocycles. The van der Waals surface area contributed by atoms with Crippen LogP contribution in [-0.4, -0.2) is 19.9 Å². The third-order valence-corrected chi connectivity index (χ3v) is 8.47. The fourth-order valence-corrected chi connectivity index (χ4v) is 6.65. The Morgan fingerprint density at radius 2 is 0.789 bits per heavy atom. The molecule has 1 aliphatic heterocycles. The smallest absolute Gasteiger partial charge is 0.0441 e. The van der Waals surface area contributed by atoms with Crippen LogP contribution < -0.4 is 21.4 Å². The Balaban J connectivity index is 1.96. The maximum atomic E-state index is 3.85. The average molecular weight is 509 g/mol. The van der Waals surface area contributed by atoms with Gasteiger partial charge in [-0.1, -0.05) is 48.5 Å². The molecule has 4 heteroatoms. The zero-order valence-corrected chi connectivity index (χ0v) is 24.3. The lowest BCUT2D eigenvalue weighted by Gasteiger charge is -2.01. The SMILES string of the molecule is CCc1c2[nH]c(c1CC)C=c1[nH]c(c(CC)c1CC)=Cc1[nH]c(c(CC)c1CC)C=c1[nH]c(cc1CC)=C2. The molecule has 0 radical (unpaired) electrons. The van der Waals surface area contributed by atoms with E-state index in [1.165, 1.54) is 77.8 Å². The van der Waals surface area contributed by atoms with Crippen molar-refractivity contribution >= 4 is 24.3 Å². The van der Waals surface area contributed by atoms with Crippen LogP contribution in [0.15, 0.2) is 6.07 Å². The first-order chi connectivity index (χ1) is 18.5. The van der Waals surface area contributed by atoms with Crippen molar-refractivity contribution in [2.45, 2.75) is 93.4 Å². The molecule has 200 valence electrons. The zero-order valence-electron chi connectivity index (χ0n) is 24.3. The third-order valence-electron chi connectivity index (χ3n) is 8.47. The number of H-pyrrole nitrogens is 4. The van der Waals surface area contributed by atoms with Crippen molar-refractivity contribution in [3.8, 4) is 0 Å². The van der Waals surface area contributed by atoms with Gasteiger partial charge in [0, 0.05) is 44.2 Å². The first-order valence-corrected chi connectivity index (χ1v) is 14.8. The molecule has 0 saturated carbocycles.